The van der Waals surface area contributed by atoms with Gasteiger partial charge in [-0.3, -0.25) is 4.79 Å². The number of carboxylic acid groups (broad SMARTS) is 1. The molecule has 0 radical (unpaired) electrons. The predicted octanol–water partition coefficient (Wildman–Crippen LogP) is 2.86. The molecule has 0 saturated heterocycles. The fourth-order valence-electron chi connectivity index (χ4n) is 1.98. The summed E-state index contributed by atoms with van der Waals surface area (Å²) < 4.78 is 0. The number of hydrogen-bond donors (Lipinski definition) is 3. The molecule has 5 nitrogen and oxygen atoms in total. The van der Waals surface area contributed by atoms with Crippen molar-refractivity contribution in [3.63, 3.8) is 0 Å². The molecule has 2 amide bonds. The molecule has 0 rings (SSSR count). The summed E-state index contributed by atoms with van der Waals surface area (Å²) in [5.41, 5.74) is -0.0710. The quantitative estimate of drug-likeness (QED) is 0.600. The minimum atomic E-state index is -0.861. The molecule has 118 valence electrons. The molecule has 0 spiro atoms. The Bertz CT molecular complexity index is 309. The lowest BCUT2D eigenvalue weighted by molar-refractivity contribution is -0.142. The minimum absolute atomic E-state index is 0.0710. The van der Waals surface area contributed by atoms with E-state index in [9.17, 15) is 9.59 Å². The van der Waals surface area contributed by atoms with Crippen molar-refractivity contribution in [2.24, 2.45) is 17.3 Å². The van der Waals surface area contributed by atoms with E-state index < -0.39 is 11.9 Å². The number of nitrogens with one attached hydrogen (secondary N) is 2. The average molecular weight is 286 g/mol. The number of aliphatic carboxylic acids is 1. The zero-order chi connectivity index (χ0) is 15.8. The number of carboxylic acids is 1. The molecule has 3 N–H and O–H groups in total. The Labute approximate surface area is 122 Å². The number of carbonyl (C=O) groups is 2. The third kappa shape index (κ3) is 10.6. The molecule has 20 heavy (non-hydrogen) atoms. The van der Waals surface area contributed by atoms with Gasteiger partial charge in [0.1, 0.15) is 0 Å². The number of carbonyl (C=O) groups excluding carboxylic acids is 1. The Morgan fingerprint density at radius 2 is 1.75 bits per heavy atom. The van der Waals surface area contributed by atoms with Crippen LogP contribution in [0.3, 0.4) is 0 Å². The smallest absolute Gasteiger partial charge is 0.314 e. The highest BCUT2D eigenvalue weighted by molar-refractivity contribution is 5.75. The average Bonchev–Trinajstić information content (AvgIpc) is 2.28. The topological polar surface area (TPSA) is 78.4 Å². The van der Waals surface area contributed by atoms with Gasteiger partial charge in [-0.1, -0.05) is 34.6 Å². The highest BCUT2D eigenvalue weighted by Gasteiger charge is 2.24. The molecule has 5 heteroatoms. The fraction of sp³-hybridized carbons (Fsp3) is 0.867. The van der Waals surface area contributed by atoms with E-state index in [1.54, 1.807) is 0 Å². The van der Waals surface area contributed by atoms with Crippen molar-refractivity contribution in [3.05, 3.63) is 0 Å². The first-order valence-electron chi connectivity index (χ1n) is 7.36. The van der Waals surface area contributed by atoms with E-state index in [2.05, 4.69) is 24.5 Å². The Balaban J connectivity index is 3.97. The number of amides is 2. The third-order valence-electron chi connectivity index (χ3n) is 2.96. The lowest BCUT2D eigenvalue weighted by Gasteiger charge is -2.23. The first-order valence-corrected chi connectivity index (χ1v) is 7.36. The predicted molar refractivity (Wildman–Crippen MR) is 80.7 cm³/mol. The van der Waals surface area contributed by atoms with Crippen LogP contribution in [-0.2, 0) is 4.79 Å². The van der Waals surface area contributed by atoms with E-state index in [-0.39, 0.29) is 18.0 Å². The molecule has 0 fully saturated rings. The van der Waals surface area contributed by atoms with E-state index in [0.29, 0.717) is 18.9 Å². The van der Waals surface area contributed by atoms with Crippen molar-refractivity contribution in [1.82, 2.24) is 10.6 Å². The largest absolute Gasteiger partial charge is 0.481 e. The van der Waals surface area contributed by atoms with Crippen molar-refractivity contribution < 1.29 is 14.7 Å². The second-order valence-corrected chi connectivity index (χ2v) is 6.97. The van der Waals surface area contributed by atoms with Gasteiger partial charge < -0.3 is 15.7 Å². The van der Waals surface area contributed by atoms with Crippen LogP contribution in [0.2, 0.25) is 0 Å². The first-order chi connectivity index (χ1) is 9.11. The molecular formula is C15H30N2O3. The van der Waals surface area contributed by atoms with Crippen molar-refractivity contribution in [2.75, 3.05) is 13.1 Å². The number of hydrogen-bond acceptors (Lipinski definition) is 2. The zero-order valence-corrected chi connectivity index (χ0v) is 13.5. The van der Waals surface area contributed by atoms with Gasteiger partial charge in [0.05, 0.1) is 5.92 Å². The summed E-state index contributed by atoms with van der Waals surface area (Å²) in [7, 11) is 0. The van der Waals surface area contributed by atoms with Crippen LogP contribution in [0.25, 0.3) is 0 Å². The van der Waals surface area contributed by atoms with Crippen LogP contribution in [0, 0.1) is 17.3 Å². The maximum Gasteiger partial charge on any atom is 0.314 e. The van der Waals surface area contributed by atoms with Crippen LogP contribution < -0.4 is 10.6 Å². The summed E-state index contributed by atoms with van der Waals surface area (Å²) in [5, 5.41) is 14.5. The molecule has 0 aliphatic heterocycles. The van der Waals surface area contributed by atoms with E-state index in [0.717, 1.165) is 12.8 Å². The molecule has 0 aromatic rings. The first kappa shape index (κ1) is 18.7. The summed E-state index contributed by atoms with van der Waals surface area (Å²) >= 11 is 0. The molecule has 0 bridgehead atoms. The van der Waals surface area contributed by atoms with E-state index >= 15 is 0 Å². The lowest BCUT2D eigenvalue weighted by atomic mass is 9.84. The van der Waals surface area contributed by atoms with Crippen LogP contribution in [-0.4, -0.2) is 30.2 Å². The van der Waals surface area contributed by atoms with Crippen LogP contribution >= 0.6 is 0 Å². The summed E-state index contributed by atoms with van der Waals surface area (Å²) in [4.78, 5) is 22.7. The standard InChI is InChI=1S/C15H30N2O3/c1-11(2)7-6-8-16-14(20)17-10-12(13(18)19)9-15(3,4)5/h11-12H,6-10H2,1-5H3,(H,18,19)(H2,16,17,20). The summed E-state index contributed by atoms with van der Waals surface area (Å²) in [6, 6.07) is -0.283. The second-order valence-electron chi connectivity index (χ2n) is 6.97. The molecule has 0 aliphatic carbocycles. The molecule has 0 heterocycles. The van der Waals surface area contributed by atoms with Gasteiger partial charge in [-0.2, -0.15) is 0 Å². The van der Waals surface area contributed by atoms with Crippen LogP contribution in [0.15, 0.2) is 0 Å². The summed E-state index contributed by atoms with van der Waals surface area (Å²) in [5.74, 6) is -0.778. The third-order valence-corrected chi connectivity index (χ3v) is 2.96. The van der Waals surface area contributed by atoms with E-state index in [1.165, 1.54) is 0 Å². The Morgan fingerprint density at radius 1 is 1.15 bits per heavy atom. The van der Waals surface area contributed by atoms with Gasteiger partial charge >= 0.3 is 12.0 Å². The van der Waals surface area contributed by atoms with Gasteiger partial charge in [0.25, 0.3) is 0 Å². The van der Waals surface area contributed by atoms with Crippen LogP contribution in [0.1, 0.15) is 53.9 Å². The maximum atomic E-state index is 11.6. The summed E-state index contributed by atoms with van der Waals surface area (Å²) in [6.45, 7) is 11.1. The summed E-state index contributed by atoms with van der Waals surface area (Å²) in [6.07, 6.45) is 2.55. The highest BCUT2D eigenvalue weighted by atomic mass is 16.4. The van der Waals surface area contributed by atoms with Gasteiger partial charge in [0, 0.05) is 13.1 Å². The van der Waals surface area contributed by atoms with Gasteiger partial charge in [-0.05, 0) is 30.6 Å². The Morgan fingerprint density at radius 3 is 2.20 bits per heavy atom. The number of urea groups is 1. The lowest BCUT2D eigenvalue weighted by Crippen LogP contribution is -2.41. The molecule has 0 saturated carbocycles. The normalized spacial score (nSPS) is 13.1. The molecule has 0 aliphatic rings. The van der Waals surface area contributed by atoms with Gasteiger partial charge in [-0.25, -0.2) is 4.79 Å². The van der Waals surface area contributed by atoms with Crippen LogP contribution in [0.5, 0.6) is 0 Å². The molecule has 0 aromatic heterocycles. The van der Waals surface area contributed by atoms with Gasteiger partial charge in [-0.15, -0.1) is 0 Å². The van der Waals surface area contributed by atoms with E-state index in [1.807, 2.05) is 20.8 Å². The zero-order valence-electron chi connectivity index (χ0n) is 13.5. The monoisotopic (exact) mass is 286 g/mol. The van der Waals surface area contributed by atoms with Crippen molar-refractivity contribution in [1.29, 1.82) is 0 Å². The van der Waals surface area contributed by atoms with Gasteiger partial charge in [0.15, 0.2) is 0 Å². The Kier molecular flexibility index (Phi) is 8.26. The SMILES string of the molecule is CC(C)CCCNC(=O)NCC(CC(C)(C)C)C(=O)O. The molecular weight excluding hydrogens is 256 g/mol. The van der Waals surface area contributed by atoms with Gasteiger partial charge in [0.2, 0.25) is 0 Å². The van der Waals surface area contributed by atoms with Crippen molar-refractivity contribution in [3.8, 4) is 0 Å². The maximum absolute atomic E-state index is 11.6. The number of rotatable bonds is 8. The van der Waals surface area contributed by atoms with Crippen molar-refractivity contribution in [2.45, 2.75) is 53.9 Å². The van der Waals surface area contributed by atoms with Crippen LogP contribution in [0.4, 0.5) is 4.79 Å². The second kappa shape index (κ2) is 8.82. The van der Waals surface area contributed by atoms with Crippen molar-refractivity contribution >= 4 is 12.0 Å². The van der Waals surface area contributed by atoms with E-state index in [4.69, 9.17) is 5.11 Å². The minimum Gasteiger partial charge on any atom is -0.481 e. The highest BCUT2D eigenvalue weighted by Crippen LogP contribution is 2.24. The molecule has 1 unspecified atom stereocenters. The Hall–Kier alpha value is -1.26. The fourth-order valence-corrected chi connectivity index (χ4v) is 1.98. The molecule has 0 aromatic carbocycles. The molecule has 1 atom stereocenters.